The lowest BCUT2D eigenvalue weighted by Crippen LogP contribution is -2.08. The molecule has 0 fully saturated rings. The zero-order valence-electron chi connectivity index (χ0n) is 11.7. The first kappa shape index (κ1) is 15.8. The molecule has 0 heterocycles. The SMILES string of the molecule is Cc1cccc(NC(C)c2ccc(OC(F)F)cc2)c1Br. The Morgan fingerprint density at radius 1 is 1.10 bits per heavy atom. The number of nitrogens with one attached hydrogen (secondary N) is 1. The molecule has 0 amide bonds. The van der Waals surface area contributed by atoms with E-state index in [0.717, 1.165) is 21.3 Å². The van der Waals surface area contributed by atoms with Crippen molar-refractivity contribution in [2.75, 3.05) is 5.32 Å². The fourth-order valence-corrected chi connectivity index (χ4v) is 2.39. The van der Waals surface area contributed by atoms with E-state index in [2.05, 4.69) is 26.0 Å². The van der Waals surface area contributed by atoms with Gasteiger partial charge in [-0.25, -0.2) is 0 Å². The van der Waals surface area contributed by atoms with Gasteiger partial charge in [0, 0.05) is 16.2 Å². The fraction of sp³-hybridized carbons (Fsp3) is 0.250. The van der Waals surface area contributed by atoms with Gasteiger partial charge in [0.1, 0.15) is 5.75 Å². The highest BCUT2D eigenvalue weighted by atomic mass is 79.9. The highest BCUT2D eigenvalue weighted by Crippen LogP contribution is 2.29. The Morgan fingerprint density at radius 3 is 2.38 bits per heavy atom. The van der Waals surface area contributed by atoms with E-state index in [0.29, 0.717) is 0 Å². The van der Waals surface area contributed by atoms with E-state index >= 15 is 0 Å². The van der Waals surface area contributed by atoms with Crippen LogP contribution in [-0.4, -0.2) is 6.61 Å². The molecule has 2 aromatic rings. The Balaban J connectivity index is 2.09. The van der Waals surface area contributed by atoms with Gasteiger partial charge in [-0.1, -0.05) is 24.3 Å². The monoisotopic (exact) mass is 355 g/mol. The molecule has 0 aliphatic carbocycles. The zero-order chi connectivity index (χ0) is 15.4. The minimum absolute atomic E-state index is 0.0451. The normalized spacial score (nSPS) is 12.3. The molecule has 0 radical (unpaired) electrons. The van der Waals surface area contributed by atoms with Crippen molar-refractivity contribution in [2.45, 2.75) is 26.5 Å². The number of rotatable bonds is 5. The molecular formula is C16H16BrF2NO. The quantitative estimate of drug-likeness (QED) is 0.760. The van der Waals surface area contributed by atoms with Gasteiger partial charge in [-0.2, -0.15) is 8.78 Å². The van der Waals surface area contributed by atoms with Gasteiger partial charge in [0.2, 0.25) is 0 Å². The van der Waals surface area contributed by atoms with E-state index in [1.54, 1.807) is 24.3 Å². The highest BCUT2D eigenvalue weighted by Gasteiger charge is 2.10. The van der Waals surface area contributed by atoms with E-state index in [1.165, 1.54) is 0 Å². The molecule has 1 N–H and O–H groups in total. The summed E-state index contributed by atoms with van der Waals surface area (Å²) in [5, 5.41) is 3.39. The summed E-state index contributed by atoms with van der Waals surface area (Å²) in [4.78, 5) is 0. The first-order valence-corrected chi connectivity index (χ1v) is 7.33. The number of ether oxygens (including phenoxy) is 1. The summed E-state index contributed by atoms with van der Waals surface area (Å²) in [5.74, 6) is 0.165. The van der Waals surface area contributed by atoms with Crippen molar-refractivity contribution in [1.82, 2.24) is 0 Å². The maximum atomic E-state index is 12.1. The minimum atomic E-state index is -2.80. The van der Waals surface area contributed by atoms with Crippen molar-refractivity contribution in [1.29, 1.82) is 0 Å². The van der Waals surface area contributed by atoms with Crippen LogP contribution in [0.3, 0.4) is 0 Å². The van der Waals surface area contributed by atoms with E-state index in [4.69, 9.17) is 0 Å². The standard InChI is InChI=1S/C16H16BrF2NO/c1-10-4-3-5-14(15(10)17)20-11(2)12-6-8-13(9-7-12)21-16(18)19/h3-9,11,16,20H,1-2H3. The van der Waals surface area contributed by atoms with E-state index < -0.39 is 6.61 Å². The van der Waals surface area contributed by atoms with Crippen LogP contribution in [0.2, 0.25) is 0 Å². The summed E-state index contributed by atoms with van der Waals surface area (Å²) in [5.41, 5.74) is 3.13. The second kappa shape index (κ2) is 6.89. The topological polar surface area (TPSA) is 21.3 Å². The van der Waals surface area contributed by atoms with Crippen molar-refractivity contribution in [2.24, 2.45) is 0 Å². The summed E-state index contributed by atoms with van der Waals surface area (Å²) in [7, 11) is 0. The van der Waals surface area contributed by atoms with Crippen LogP contribution < -0.4 is 10.1 Å². The third kappa shape index (κ3) is 4.17. The van der Waals surface area contributed by atoms with Gasteiger partial charge in [-0.15, -0.1) is 0 Å². The van der Waals surface area contributed by atoms with Gasteiger partial charge in [0.05, 0.1) is 0 Å². The van der Waals surface area contributed by atoms with Crippen molar-refractivity contribution in [3.05, 3.63) is 58.1 Å². The van der Waals surface area contributed by atoms with Crippen LogP contribution in [-0.2, 0) is 0 Å². The van der Waals surface area contributed by atoms with Crippen LogP contribution in [0.1, 0.15) is 24.1 Å². The van der Waals surface area contributed by atoms with Crippen LogP contribution >= 0.6 is 15.9 Å². The van der Waals surface area contributed by atoms with Gasteiger partial charge >= 0.3 is 6.61 Å². The first-order chi connectivity index (χ1) is 9.97. The first-order valence-electron chi connectivity index (χ1n) is 6.54. The van der Waals surface area contributed by atoms with Crippen molar-refractivity contribution < 1.29 is 13.5 Å². The van der Waals surface area contributed by atoms with Crippen LogP contribution in [0.4, 0.5) is 14.5 Å². The second-order valence-electron chi connectivity index (χ2n) is 4.75. The molecular weight excluding hydrogens is 340 g/mol. The Labute approximate surface area is 131 Å². The summed E-state index contributed by atoms with van der Waals surface area (Å²) in [6, 6.07) is 12.7. The average Bonchev–Trinajstić information content (AvgIpc) is 2.44. The van der Waals surface area contributed by atoms with Gasteiger partial charge in [-0.05, 0) is 59.1 Å². The summed E-state index contributed by atoms with van der Waals surface area (Å²) < 4.78 is 29.6. The van der Waals surface area contributed by atoms with E-state index in [-0.39, 0.29) is 11.8 Å². The van der Waals surface area contributed by atoms with Gasteiger partial charge < -0.3 is 10.1 Å². The molecule has 0 bridgehead atoms. The summed E-state index contributed by atoms with van der Waals surface area (Å²) in [6.45, 7) is 1.24. The predicted octanol–water partition coefficient (Wildman–Crippen LogP) is 5.53. The maximum absolute atomic E-state index is 12.1. The van der Waals surface area contributed by atoms with E-state index in [1.807, 2.05) is 32.0 Å². The third-order valence-electron chi connectivity index (χ3n) is 3.17. The molecule has 1 atom stereocenters. The van der Waals surface area contributed by atoms with E-state index in [9.17, 15) is 8.78 Å². The number of benzene rings is 2. The Hall–Kier alpha value is -1.62. The summed E-state index contributed by atoms with van der Waals surface area (Å²) >= 11 is 3.55. The summed E-state index contributed by atoms with van der Waals surface area (Å²) in [6.07, 6.45) is 0. The molecule has 1 unspecified atom stereocenters. The average molecular weight is 356 g/mol. The number of alkyl halides is 2. The molecule has 2 aromatic carbocycles. The highest BCUT2D eigenvalue weighted by molar-refractivity contribution is 9.10. The van der Waals surface area contributed by atoms with Crippen molar-refractivity contribution in [3.63, 3.8) is 0 Å². The molecule has 21 heavy (non-hydrogen) atoms. The zero-order valence-corrected chi connectivity index (χ0v) is 13.3. The third-order valence-corrected chi connectivity index (χ3v) is 4.22. The lowest BCUT2D eigenvalue weighted by Gasteiger charge is -2.18. The molecule has 0 aliphatic rings. The Kier molecular flexibility index (Phi) is 5.17. The molecule has 112 valence electrons. The largest absolute Gasteiger partial charge is 0.435 e. The number of aryl methyl sites for hydroxylation is 1. The lowest BCUT2D eigenvalue weighted by molar-refractivity contribution is -0.0498. The Bertz CT molecular complexity index is 602. The van der Waals surface area contributed by atoms with Gasteiger partial charge in [-0.3, -0.25) is 0 Å². The minimum Gasteiger partial charge on any atom is -0.435 e. The number of hydrogen-bond acceptors (Lipinski definition) is 2. The Morgan fingerprint density at radius 2 is 1.76 bits per heavy atom. The van der Waals surface area contributed by atoms with Crippen LogP contribution in [0.5, 0.6) is 5.75 Å². The molecule has 2 rings (SSSR count). The second-order valence-corrected chi connectivity index (χ2v) is 5.54. The van der Waals surface area contributed by atoms with Crippen LogP contribution in [0.15, 0.2) is 46.9 Å². The molecule has 0 saturated carbocycles. The van der Waals surface area contributed by atoms with Crippen molar-refractivity contribution in [3.8, 4) is 5.75 Å². The van der Waals surface area contributed by atoms with Gasteiger partial charge in [0.15, 0.2) is 0 Å². The maximum Gasteiger partial charge on any atom is 0.387 e. The number of hydrogen-bond donors (Lipinski definition) is 1. The van der Waals surface area contributed by atoms with Crippen LogP contribution in [0, 0.1) is 6.92 Å². The molecule has 5 heteroatoms. The number of anilines is 1. The smallest absolute Gasteiger partial charge is 0.387 e. The molecule has 0 aliphatic heterocycles. The molecule has 2 nitrogen and oxygen atoms in total. The number of halogens is 3. The predicted molar refractivity (Wildman–Crippen MR) is 84.0 cm³/mol. The van der Waals surface area contributed by atoms with Crippen LogP contribution in [0.25, 0.3) is 0 Å². The lowest BCUT2D eigenvalue weighted by atomic mass is 10.1. The molecule has 0 aromatic heterocycles. The van der Waals surface area contributed by atoms with Crippen molar-refractivity contribution >= 4 is 21.6 Å². The fourth-order valence-electron chi connectivity index (χ4n) is 2.01. The molecule has 0 spiro atoms. The van der Waals surface area contributed by atoms with Gasteiger partial charge in [0.25, 0.3) is 0 Å². The molecule has 0 saturated heterocycles.